The second-order valence-electron chi connectivity index (χ2n) is 5.71. The number of rotatable bonds is 5. The number of nitrogens with zero attached hydrogens (tertiary/aromatic N) is 4. The monoisotopic (exact) mass is 308 g/mol. The van der Waals surface area contributed by atoms with Crippen LogP contribution in [-0.4, -0.2) is 58.5 Å². The summed E-state index contributed by atoms with van der Waals surface area (Å²) in [5.74, 6) is 1.29. The van der Waals surface area contributed by atoms with Crippen LogP contribution in [0.1, 0.15) is 45.9 Å². The van der Waals surface area contributed by atoms with Crippen LogP contribution in [0.4, 0.5) is 0 Å². The first-order chi connectivity index (χ1) is 10.6. The molecule has 1 saturated heterocycles. The van der Waals surface area contributed by atoms with Crippen LogP contribution in [0.2, 0.25) is 0 Å². The van der Waals surface area contributed by atoms with E-state index in [0.29, 0.717) is 12.5 Å². The Labute approximate surface area is 135 Å². The first-order valence-electron chi connectivity index (χ1n) is 8.56. The molecule has 0 unspecified atom stereocenters. The summed E-state index contributed by atoms with van der Waals surface area (Å²) in [7, 11) is 4.24. The van der Waals surface area contributed by atoms with Crippen molar-refractivity contribution in [3.05, 3.63) is 18.2 Å². The average Bonchev–Trinajstić information content (AvgIpc) is 3.02. The van der Waals surface area contributed by atoms with E-state index in [1.807, 2.05) is 31.1 Å². The van der Waals surface area contributed by atoms with E-state index in [2.05, 4.69) is 35.5 Å². The van der Waals surface area contributed by atoms with Gasteiger partial charge in [-0.05, 0) is 33.9 Å². The molecule has 0 aromatic carbocycles. The van der Waals surface area contributed by atoms with Gasteiger partial charge in [-0.2, -0.15) is 0 Å². The van der Waals surface area contributed by atoms with Gasteiger partial charge in [0.15, 0.2) is 0 Å². The maximum absolute atomic E-state index is 12.2. The summed E-state index contributed by atoms with van der Waals surface area (Å²) in [4.78, 5) is 20.8. The molecular formula is C17H32N4O. The molecule has 5 heteroatoms. The van der Waals surface area contributed by atoms with Gasteiger partial charge in [0.25, 0.3) is 0 Å². The van der Waals surface area contributed by atoms with Crippen molar-refractivity contribution in [1.29, 1.82) is 0 Å². The number of hydrogen-bond donors (Lipinski definition) is 0. The summed E-state index contributed by atoms with van der Waals surface area (Å²) in [6.45, 7) is 8.80. The Morgan fingerprint density at radius 1 is 1.32 bits per heavy atom. The predicted molar refractivity (Wildman–Crippen MR) is 90.9 cm³/mol. The van der Waals surface area contributed by atoms with E-state index in [9.17, 15) is 4.79 Å². The lowest BCUT2D eigenvalue weighted by Gasteiger charge is -2.35. The third kappa shape index (κ3) is 5.13. The van der Waals surface area contributed by atoms with E-state index < -0.39 is 0 Å². The first-order valence-corrected chi connectivity index (χ1v) is 8.56. The molecule has 1 aromatic heterocycles. The number of hydrogen-bond acceptors (Lipinski definition) is 3. The number of aryl methyl sites for hydroxylation is 2. The van der Waals surface area contributed by atoms with Crippen LogP contribution < -0.4 is 0 Å². The molecule has 1 fully saturated rings. The highest BCUT2D eigenvalue weighted by atomic mass is 16.2. The smallest absolute Gasteiger partial charge is 0.223 e. The molecule has 0 N–H and O–H groups in total. The number of amides is 1. The summed E-state index contributed by atoms with van der Waals surface area (Å²) in [6, 6.07) is 0.623. The summed E-state index contributed by atoms with van der Waals surface area (Å²) in [6.07, 6.45) is 7.27. The van der Waals surface area contributed by atoms with Crippen molar-refractivity contribution in [2.75, 3.05) is 27.2 Å². The maximum atomic E-state index is 12.2. The highest BCUT2D eigenvalue weighted by Gasteiger charge is 2.23. The quantitative estimate of drug-likeness (QED) is 0.839. The summed E-state index contributed by atoms with van der Waals surface area (Å²) in [5.41, 5.74) is 0. The van der Waals surface area contributed by atoms with Crippen LogP contribution in [-0.2, 0) is 17.8 Å². The highest BCUT2D eigenvalue weighted by molar-refractivity contribution is 5.76. The molecule has 0 radical (unpaired) electrons. The summed E-state index contributed by atoms with van der Waals surface area (Å²) < 4.78 is 2.10. The molecule has 126 valence electrons. The molecule has 5 nitrogen and oxygen atoms in total. The lowest BCUT2D eigenvalue weighted by molar-refractivity contribution is -0.132. The van der Waals surface area contributed by atoms with Crippen molar-refractivity contribution in [1.82, 2.24) is 19.4 Å². The van der Waals surface area contributed by atoms with Crippen LogP contribution in [0.15, 0.2) is 12.4 Å². The van der Waals surface area contributed by atoms with Gasteiger partial charge in [-0.15, -0.1) is 0 Å². The van der Waals surface area contributed by atoms with E-state index >= 15 is 0 Å². The fraction of sp³-hybridized carbons (Fsp3) is 0.765. The molecule has 0 aliphatic carbocycles. The van der Waals surface area contributed by atoms with Crippen molar-refractivity contribution in [3.8, 4) is 0 Å². The molecule has 1 amide bonds. The summed E-state index contributed by atoms with van der Waals surface area (Å²) in [5, 5.41) is 0. The molecule has 22 heavy (non-hydrogen) atoms. The SMILES string of the molecule is CC.CCn1ccnc1CCC(=O)N1CCC(N(C)C)CC1. The Balaban J connectivity index is 0.00000116. The molecule has 1 aromatic rings. The number of aromatic nitrogens is 2. The predicted octanol–water partition coefficient (Wildman–Crippen LogP) is 2.41. The molecule has 0 saturated carbocycles. The van der Waals surface area contributed by atoms with Crippen molar-refractivity contribution >= 4 is 5.91 Å². The van der Waals surface area contributed by atoms with E-state index in [1.54, 1.807) is 0 Å². The third-order valence-corrected chi connectivity index (χ3v) is 4.25. The van der Waals surface area contributed by atoms with Crippen molar-refractivity contribution in [2.24, 2.45) is 0 Å². The van der Waals surface area contributed by atoms with Crippen LogP contribution in [0.5, 0.6) is 0 Å². The van der Waals surface area contributed by atoms with Crippen LogP contribution in [0.25, 0.3) is 0 Å². The molecule has 1 aliphatic rings. The summed E-state index contributed by atoms with van der Waals surface area (Å²) >= 11 is 0. The molecule has 2 rings (SSSR count). The van der Waals surface area contributed by atoms with Crippen molar-refractivity contribution < 1.29 is 4.79 Å². The molecule has 0 spiro atoms. The number of carbonyl (C=O) groups excluding carboxylic acids is 1. The van der Waals surface area contributed by atoms with Crippen molar-refractivity contribution in [2.45, 2.75) is 59.0 Å². The maximum Gasteiger partial charge on any atom is 0.223 e. The van der Waals surface area contributed by atoms with Gasteiger partial charge in [-0.1, -0.05) is 13.8 Å². The lowest BCUT2D eigenvalue weighted by Crippen LogP contribution is -2.44. The second kappa shape index (κ2) is 9.62. The Hall–Kier alpha value is -1.36. The number of likely N-dealkylation sites (tertiary alicyclic amines) is 1. The third-order valence-electron chi connectivity index (χ3n) is 4.25. The molecular weight excluding hydrogens is 276 g/mol. The van der Waals surface area contributed by atoms with E-state index in [0.717, 1.165) is 44.7 Å². The number of carbonyl (C=O) groups is 1. The Bertz CT molecular complexity index is 434. The number of piperidine rings is 1. The average molecular weight is 308 g/mol. The standard InChI is InChI=1S/C15H26N4O.C2H6/c1-4-18-12-9-16-14(18)5-6-15(20)19-10-7-13(8-11-19)17(2)3;1-2/h9,12-13H,4-8,10-11H2,1-3H3;1-2H3. The van der Waals surface area contributed by atoms with E-state index in [4.69, 9.17) is 0 Å². The number of imidazole rings is 1. The van der Waals surface area contributed by atoms with Crippen LogP contribution in [0.3, 0.4) is 0 Å². The second-order valence-corrected chi connectivity index (χ2v) is 5.71. The van der Waals surface area contributed by atoms with Crippen LogP contribution >= 0.6 is 0 Å². The van der Waals surface area contributed by atoms with Gasteiger partial charge in [-0.3, -0.25) is 4.79 Å². The Morgan fingerprint density at radius 2 is 1.95 bits per heavy atom. The molecule has 0 atom stereocenters. The van der Waals surface area contributed by atoms with Crippen molar-refractivity contribution in [3.63, 3.8) is 0 Å². The minimum atomic E-state index is 0.271. The van der Waals surface area contributed by atoms with Gasteiger partial charge < -0.3 is 14.4 Å². The molecule has 0 bridgehead atoms. The fourth-order valence-electron chi connectivity index (χ4n) is 2.86. The minimum absolute atomic E-state index is 0.271. The van der Waals surface area contributed by atoms with Gasteiger partial charge in [-0.25, -0.2) is 4.98 Å². The molecule has 2 heterocycles. The zero-order valence-electron chi connectivity index (χ0n) is 14.9. The van der Waals surface area contributed by atoms with Gasteiger partial charge in [0.2, 0.25) is 5.91 Å². The largest absolute Gasteiger partial charge is 0.343 e. The van der Waals surface area contributed by atoms with E-state index in [1.165, 1.54) is 0 Å². The first kappa shape index (κ1) is 18.7. The van der Waals surface area contributed by atoms with Gasteiger partial charge in [0.05, 0.1) is 0 Å². The zero-order valence-corrected chi connectivity index (χ0v) is 14.9. The lowest BCUT2D eigenvalue weighted by atomic mass is 10.0. The normalized spacial score (nSPS) is 15.6. The van der Waals surface area contributed by atoms with Crippen LogP contribution in [0, 0.1) is 0 Å². The highest BCUT2D eigenvalue weighted by Crippen LogP contribution is 2.15. The topological polar surface area (TPSA) is 41.4 Å². The fourth-order valence-corrected chi connectivity index (χ4v) is 2.86. The minimum Gasteiger partial charge on any atom is -0.343 e. The Kier molecular flexibility index (Phi) is 8.17. The van der Waals surface area contributed by atoms with Gasteiger partial charge in [0, 0.05) is 50.9 Å². The zero-order chi connectivity index (χ0) is 16.5. The van der Waals surface area contributed by atoms with Gasteiger partial charge >= 0.3 is 0 Å². The molecule has 1 aliphatic heterocycles. The van der Waals surface area contributed by atoms with Gasteiger partial charge in [0.1, 0.15) is 5.82 Å². The van der Waals surface area contributed by atoms with E-state index in [-0.39, 0.29) is 5.91 Å². The Morgan fingerprint density at radius 3 is 2.50 bits per heavy atom.